The third-order valence-electron chi connectivity index (χ3n) is 6.46. The fraction of sp³-hybridized carbons (Fsp3) is 0.750. The van der Waals surface area contributed by atoms with Crippen LogP contribution >= 0.6 is 0 Å². The summed E-state index contributed by atoms with van der Waals surface area (Å²) >= 11 is 0. The molecular formula is C20H29N3O2. The first-order valence-corrected chi connectivity index (χ1v) is 9.86. The van der Waals surface area contributed by atoms with E-state index in [9.17, 15) is 4.79 Å². The third kappa shape index (κ3) is 3.43. The molecule has 1 amide bonds. The van der Waals surface area contributed by atoms with Crippen molar-refractivity contribution in [1.82, 2.24) is 14.9 Å². The number of hydrogen-bond donors (Lipinski definition) is 0. The van der Waals surface area contributed by atoms with Crippen LogP contribution in [0.4, 0.5) is 0 Å². The van der Waals surface area contributed by atoms with E-state index in [4.69, 9.17) is 9.72 Å². The van der Waals surface area contributed by atoms with Crippen LogP contribution in [0.3, 0.4) is 0 Å². The average molecular weight is 343 g/mol. The van der Waals surface area contributed by atoms with Crippen LogP contribution < -0.4 is 0 Å². The molecule has 1 aromatic heterocycles. The van der Waals surface area contributed by atoms with Crippen molar-refractivity contribution in [3.63, 3.8) is 0 Å². The Morgan fingerprint density at radius 2 is 1.88 bits per heavy atom. The Morgan fingerprint density at radius 1 is 1.16 bits per heavy atom. The van der Waals surface area contributed by atoms with Crippen molar-refractivity contribution in [3.05, 3.63) is 23.8 Å². The fourth-order valence-electron chi connectivity index (χ4n) is 4.45. The van der Waals surface area contributed by atoms with E-state index in [2.05, 4.69) is 22.9 Å². The first kappa shape index (κ1) is 17.0. The zero-order valence-corrected chi connectivity index (χ0v) is 15.2. The summed E-state index contributed by atoms with van der Waals surface area (Å²) in [6.07, 6.45) is 9.32. The number of piperidine rings is 1. The Morgan fingerprint density at radius 3 is 2.52 bits per heavy atom. The van der Waals surface area contributed by atoms with E-state index in [0.717, 1.165) is 70.7 Å². The van der Waals surface area contributed by atoms with Gasteiger partial charge in [-0.05, 0) is 44.6 Å². The number of rotatable bonds is 3. The van der Waals surface area contributed by atoms with Crippen molar-refractivity contribution < 1.29 is 9.53 Å². The molecule has 5 heteroatoms. The highest BCUT2D eigenvalue weighted by atomic mass is 16.5. The first-order chi connectivity index (χ1) is 12.2. The van der Waals surface area contributed by atoms with Gasteiger partial charge in [-0.15, -0.1) is 0 Å². The van der Waals surface area contributed by atoms with Crippen LogP contribution in [0.5, 0.6) is 0 Å². The predicted octanol–water partition coefficient (Wildman–Crippen LogP) is 3.27. The van der Waals surface area contributed by atoms with Crippen LogP contribution in [0.25, 0.3) is 0 Å². The molecule has 1 aromatic rings. The highest BCUT2D eigenvalue weighted by Crippen LogP contribution is 2.42. The van der Waals surface area contributed by atoms with Crippen LogP contribution in [0.2, 0.25) is 0 Å². The zero-order chi connectivity index (χ0) is 17.3. The lowest BCUT2D eigenvalue weighted by Gasteiger charge is -2.42. The van der Waals surface area contributed by atoms with Gasteiger partial charge in [0.1, 0.15) is 5.82 Å². The standard InChI is InChI=1S/C20H29N3O2/c1-20(8-2-9-20)19(24)23-11-4-16(5-12-23)18-21-10-3-17(22-18)15-6-13-25-14-7-15/h3,10,15-16H,2,4-9,11-14H2,1H3. The maximum absolute atomic E-state index is 12.7. The number of carbonyl (C=O) groups excluding carboxylic acids is 1. The SMILES string of the molecule is CC1(C(=O)N2CCC(c3nccc(C4CCOCC4)n3)CC2)CCC1. The van der Waals surface area contributed by atoms with E-state index < -0.39 is 0 Å². The lowest BCUT2D eigenvalue weighted by Crippen LogP contribution is -2.48. The van der Waals surface area contributed by atoms with Gasteiger partial charge >= 0.3 is 0 Å². The Bertz CT molecular complexity index is 615. The van der Waals surface area contributed by atoms with Crippen molar-refractivity contribution >= 4 is 5.91 Å². The second kappa shape index (κ2) is 7.02. The fourth-order valence-corrected chi connectivity index (χ4v) is 4.45. The molecule has 0 atom stereocenters. The zero-order valence-electron chi connectivity index (χ0n) is 15.2. The molecule has 0 aromatic carbocycles. The highest BCUT2D eigenvalue weighted by Gasteiger charge is 2.42. The molecule has 1 saturated carbocycles. The van der Waals surface area contributed by atoms with Gasteiger partial charge in [0.25, 0.3) is 0 Å². The topological polar surface area (TPSA) is 55.3 Å². The molecule has 0 bridgehead atoms. The van der Waals surface area contributed by atoms with Gasteiger partial charge in [0, 0.05) is 55.4 Å². The monoisotopic (exact) mass is 343 g/mol. The highest BCUT2D eigenvalue weighted by molar-refractivity contribution is 5.83. The van der Waals surface area contributed by atoms with Gasteiger partial charge in [-0.25, -0.2) is 9.97 Å². The van der Waals surface area contributed by atoms with Gasteiger partial charge in [-0.2, -0.15) is 0 Å². The molecule has 1 aliphatic carbocycles. The lowest BCUT2D eigenvalue weighted by atomic mass is 9.69. The largest absolute Gasteiger partial charge is 0.381 e. The van der Waals surface area contributed by atoms with Crippen molar-refractivity contribution in [3.8, 4) is 0 Å². The number of amides is 1. The van der Waals surface area contributed by atoms with Crippen LogP contribution in [-0.2, 0) is 9.53 Å². The number of nitrogens with zero attached hydrogens (tertiary/aromatic N) is 3. The molecule has 0 N–H and O–H groups in total. The molecule has 4 rings (SSSR count). The van der Waals surface area contributed by atoms with Crippen LogP contribution in [0.15, 0.2) is 12.3 Å². The Balaban J connectivity index is 1.38. The number of aromatic nitrogens is 2. The Hall–Kier alpha value is -1.49. The molecule has 0 unspecified atom stereocenters. The molecule has 3 fully saturated rings. The summed E-state index contributed by atoms with van der Waals surface area (Å²) in [7, 11) is 0. The molecule has 3 aliphatic rings. The molecule has 136 valence electrons. The van der Waals surface area contributed by atoms with Crippen molar-refractivity contribution in [2.24, 2.45) is 5.41 Å². The number of hydrogen-bond acceptors (Lipinski definition) is 4. The summed E-state index contributed by atoms with van der Waals surface area (Å²) in [6, 6.07) is 2.07. The number of carbonyl (C=O) groups is 1. The summed E-state index contributed by atoms with van der Waals surface area (Å²) in [5.74, 6) is 2.24. The summed E-state index contributed by atoms with van der Waals surface area (Å²) in [5, 5.41) is 0. The molecule has 3 heterocycles. The molecule has 5 nitrogen and oxygen atoms in total. The summed E-state index contributed by atoms with van der Waals surface area (Å²) in [5.41, 5.74) is 1.10. The van der Waals surface area contributed by atoms with Crippen molar-refractivity contribution in [1.29, 1.82) is 0 Å². The van der Waals surface area contributed by atoms with Crippen LogP contribution in [-0.4, -0.2) is 47.1 Å². The maximum Gasteiger partial charge on any atom is 0.228 e. The molecular weight excluding hydrogens is 314 g/mol. The lowest BCUT2D eigenvalue weighted by molar-refractivity contribution is -0.147. The Kier molecular flexibility index (Phi) is 4.76. The summed E-state index contributed by atoms with van der Waals surface area (Å²) in [6.45, 7) is 5.51. The van der Waals surface area contributed by atoms with E-state index in [1.165, 1.54) is 12.1 Å². The molecule has 2 aliphatic heterocycles. The van der Waals surface area contributed by atoms with Crippen LogP contribution in [0.1, 0.15) is 75.2 Å². The minimum absolute atomic E-state index is 0.0771. The number of likely N-dealkylation sites (tertiary alicyclic amines) is 1. The van der Waals surface area contributed by atoms with E-state index in [-0.39, 0.29) is 5.41 Å². The van der Waals surface area contributed by atoms with Crippen molar-refractivity contribution in [2.45, 2.75) is 63.7 Å². The predicted molar refractivity (Wildman–Crippen MR) is 95.3 cm³/mol. The van der Waals surface area contributed by atoms with Gasteiger partial charge in [0.2, 0.25) is 5.91 Å². The summed E-state index contributed by atoms with van der Waals surface area (Å²) < 4.78 is 5.46. The normalized spacial score (nSPS) is 24.8. The Labute approximate surface area is 150 Å². The molecule has 0 radical (unpaired) electrons. The quantitative estimate of drug-likeness (QED) is 0.845. The van der Waals surface area contributed by atoms with Gasteiger partial charge in [0.15, 0.2) is 0 Å². The van der Waals surface area contributed by atoms with Gasteiger partial charge in [0.05, 0.1) is 0 Å². The van der Waals surface area contributed by atoms with Gasteiger partial charge in [-0.1, -0.05) is 13.3 Å². The van der Waals surface area contributed by atoms with E-state index in [1.807, 2.05) is 6.20 Å². The smallest absolute Gasteiger partial charge is 0.228 e. The second-order valence-electron chi connectivity index (χ2n) is 8.21. The minimum Gasteiger partial charge on any atom is -0.381 e. The maximum atomic E-state index is 12.7. The second-order valence-corrected chi connectivity index (χ2v) is 8.21. The summed E-state index contributed by atoms with van der Waals surface area (Å²) in [4.78, 5) is 24.2. The number of ether oxygens (including phenoxy) is 1. The average Bonchev–Trinajstić information content (AvgIpc) is 2.66. The minimum atomic E-state index is -0.0771. The molecule has 2 saturated heterocycles. The van der Waals surface area contributed by atoms with E-state index in [1.54, 1.807) is 0 Å². The molecule has 0 spiro atoms. The van der Waals surface area contributed by atoms with Gasteiger partial charge < -0.3 is 9.64 Å². The first-order valence-electron chi connectivity index (χ1n) is 9.86. The van der Waals surface area contributed by atoms with E-state index in [0.29, 0.717) is 17.7 Å². The van der Waals surface area contributed by atoms with E-state index >= 15 is 0 Å². The van der Waals surface area contributed by atoms with Crippen molar-refractivity contribution in [2.75, 3.05) is 26.3 Å². The van der Waals surface area contributed by atoms with Crippen LogP contribution in [0, 0.1) is 5.41 Å². The molecule has 25 heavy (non-hydrogen) atoms. The van der Waals surface area contributed by atoms with Gasteiger partial charge in [-0.3, -0.25) is 4.79 Å². The third-order valence-corrected chi connectivity index (χ3v) is 6.46.